The van der Waals surface area contributed by atoms with Crippen LogP contribution in [0, 0.1) is 0 Å². The maximum atomic E-state index is 15.5. The van der Waals surface area contributed by atoms with Gasteiger partial charge in [-0.05, 0) is 25.3 Å². The molecule has 0 aliphatic carbocycles. The van der Waals surface area contributed by atoms with Crippen LogP contribution < -0.4 is 20.9 Å². The van der Waals surface area contributed by atoms with E-state index in [4.69, 9.17) is 13.8 Å². The van der Waals surface area contributed by atoms with Crippen molar-refractivity contribution in [3.8, 4) is 5.75 Å². The van der Waals surface area contributed by atoms with Crippen molar-refractivity contribution in [3.05, 3.63) is 75.6 Å². The number of methoxy groups -OCH3 is 1. The van der Waals surface area contributed by atoms with Gasteiger partial charge in [-0.3, -0.25) is 23.7 Å². The summed E-state index contributed by atoms with van der Waals surface area (Å²) in [7, 11) is -3.22. The van der Waals surface area contributed by atoms with E-state index in [-0.39, 0.29) is 5.75 Å². The number of nitrogens with one attached hydrogen (secondary N) is 2. The number of aliphatic hydroxyl groups excluding tert-OH is 1. The minimum Gasteiger partial charge on any atom is -0.468 e. The van der Waals surface area contributed by atoms with Crippen LogP contribution in [-0.2, 0) is 23.4 Å². The van der Waals surface area contributed by atoms with Gasteiger partial charge in [-0.25, -0.2) is 13.8 Å². The monoisotopic (exact) mass is 551 g/mol. The number of carbonyl (C=O) groups is 1. The summed E-state index contributed by atoms with van der Waals surface area (Å²) in [5, 5.41) is 14.5. The van der Waals surface area contributed by atoms with Crippen LogP contribution in [0.3, 0.4) is 0 Å². The van der Waals surface area contributed by atoms with Crippen molar-refractivity contribution < 1.29 is 37.4 Å². The van der Waals surface area contributed by atoms with Crippen molar-refractivity contribution >= 4 is 24.5 Å². The van der Waals surface area contributed by atoms with E-state index in [2.05, 4.69) is 9.82 Å². The topological polar surface area (TPSA) is 158 Å². The zero-order valence-electron chi connectivity index (χ0n) is 20.7. The second kappa shape index (κ2) is 10.8. The van der Waals surface area contributed by atoms with E-state index >= 15 is 4.39 Å². The molecule has 3 N–H and O–H groups in total. The lowest BCUT2D eigenvalue weighted by Gasteiger charge is -2.25. The molecule has 38 heavy (non-hydrogen) atoms. The lowest BCUT2D eigenvalue weighted by Crippen LogP contribution is -2.43. The molecule has 6 atom stereocenters. The molecule has 1 aliphatic heterocycles. The Hall–Kier alpha value is -3.35. The van der Waals surface area contributed by atoms with Crippen molar-refractivity contribution in [2.24, 2.45) is 0 Å². The van der Waals surface area contributed by atoms with Gasteiger partial charge in [0.15, 0.2) is 11.9 Å². The van der Waals surface area contributed by atoms with E-state index in [0.717, 1.165) is 36.3 Å². The van der Waals surface area contributed by atoms with E-state index < -0.39 is 61.7 Å². The number of aromatic nitrogens is 2. The second-order valence-electron chi connectivity index (χ2n) is 8.88. The second-order valence-corrected chi connectivity index (χ2v) is 10.6. The summed E-state index contributed by atoms with van der Waals surface area (Å²) in [5.41, 5.74) is -4.13. The zero-order chi connectivity index (χ0) is 27.7. The highest BCUT2D eigenvalue weighted by atomic mass is 31.2. The number of aromatic amines is 1. The molecule has 1 aliphatic rings. The van der Waals surface area contributed by atoms with Crippen LogP contribution in [0.4, 0.5) is 4.39 Å². The molecule has 12 nitrogen and oxygen atoms in total. The molecule has 0 saturated carbocycles. The average Bonchev–Trinajstić information content (AvgIpc) is 3.10. The third kappa shape index (κ3) is 5.57. The number of fused-ring (bicyclic) bond motifs is 1. The highest BCUT2D eigenvalue weighted by Gasteiger charge is 2.56. The van der Waals surface area contributed by atoms with E-state index in [9.17, 15) is 24.1 Å². The molecule has 0 amide bonds. The number of rotatable bonds is 9. The minimum atomic E-state index is -4.38. The average molecular weight is 551 g/mol. The Morgan fingerprint density at radius 2 is 1.97 bits per heavy atom. The number of aliphatic hydroxyl groups is 1. The van der Waals surface area contributed by atoms with E-state index in [1.807, 2.05) is 23.2 Å². The summed E-state index contributed by atoms with van der Waals surface area (Å²) in [6.45, 7) is 1.74. The molecule has 2 heterocycles. The van der Waals surface area contributed by atoms with Crippen LogP contribution in [0.2, 0.25) is 0 Å². The van der Waals surface area contributed by atoms with Crippen molar-refractivity contribution in [1.29, 1.82) is 0 Å². The number of benzene rings is 2. The van der Waals surface area contributed by atoms with Gasteiger partial charge in [0.05, 0.1) is 13.7 Å². The molecule has 1 aromatic heterocycles. The quantitative estimate of drug-likeness (QED) is 0.265. The van der Waals surface area contributed by atoms with Gasteiger partial charge in [-0.2, -0.15) is 5.09 Å². The highest BCUT2D eigenvalue weighted by Crippen LogP contribution is 2.48. The third-order valence-electron chi connectivity index (χ3n) is 6.10. The smallest absolute Gasteiger partial charge is 0.459 e. The number of alkyl halides is 1. The number of hydrogen-bond acceptors (Lipinski definition) is 9. The van der Waals surface area contributed by atoms with Crippen molar-refractivity contribution in [1.82, 2.24) is 14.6 Å². The standard InChI is InChI=1S/C24H27FN3O9P/c1-14(21(31)34-3)27-38(33,37-17-10-6-8-15-7-4-5-9-16(15)17)35-13-18-20(30)24(2,25)22(36-18)28-12-11-19(29)26-23(28)32/h4-12,14,18,20,22,30H,13H2,1-3H3,(H,27,33)(H,26,29,32)/t14-,18+,20+,22+,24+,38?/m0/s1. The summed E-state index contributed by atoms with van der Waals surface area (Å²) in [4.78, 5) is 37.6. The van der Waals surface area contributed by atoms with Gasteiger partial charge in [0, 0.05) is 17.6 Å². The Balaban J connectivity index is 1.60. The lowest BCUT2D eigenvalue weighted by atomic mass is 9.98. The van der Waals surface area contributed by atoms with Crippen LogP contribution in [0.15, 0.2) is 64.3 Å². The molecule has 0 spiro atoms. The Bertz CT molecular complexity index is 1490. The van der Waals surface area contributed by atoms with E-state index in [1.54, 1.807) is 24.3 Å². The summed E-state index contributed by atoms with van der Waals surface area (Å²) < 4.78 is 51.7. The first-order valence-electron chi connectivity index (χ1n) is 11.6. The Morgan fingerprint density at radius 3 is 2.68 bits per heavy atom. The summed E-state index contributed by atoms with van der Waals surface area (Å²) >= 11 is 0. The Labute approximate surface area is 215 Å². The number of carbonyl (C=O) groups excluding carboxylic acids is 1. The molecule has 1 fully saturated rings. The molecule has 0 radical (unpaired) electrons. The van der Waals surface area contributed by atoms with Gasteiger partial charge < -0.3 is 19.1 Å². The van der Waals surface area contributed by atoms with Gasteiger partial charge in [0.1, 0.15) is 24.0 Å². The molecule has 3 aromatic rings. The van der Waals surface area contributed by atoms with Crippen LogP contribution in [0.5, 0.6) is 5.75 Å². The van der Waals surface area contributed by atoms with Crippen molar-refractivity contribution in [2.45, 2.75) is 44.0 Å². The first-order valence-corrected chi connectivity index (χ1v) is 13.1. The predicted molar refractivity (Wildman–Crippen MR) is 134 cm³/mol. The predicted octanol–water partition coefficient (Wildman–Crippen LogP) is 2.03. The van der Waals surface area contributed by atoms with Crippen LogP contribution in [0.25, 0.3) is 10.8 Å². The number of halogens is 1. The number of hydrogen-bond donors (Lipinski definition) is 3. The fraction of sp³-hybridized carbons (Fsp3) is 0.375. The molecule has 1 saturated heterocycles. The number of H-pyrrole nitrogens is 1. The van der Waals surface area contributed by atoms with E-state index in [0.29, 0.717) is 5.39 Å². The number of esters is 1. The number of nitrogens with zero attached hydrogens (tertiary/aromatic N) is 1. The largest absolute Gasteiger partial charge is 0.468 e. The Morgan fingerprint density at radius 1 is 1.26 bits per heavy atom. The first-order chi connectivity index (χ1) is 17.9. The fourth-order valence-electron chi connectivity index (χ4n) is 4.10. The first kappa shape index (κ1) is 27.7. The maximum Gasteiger partial charge on any atom is 0.459 e. The maximum absolute atomic E-state index is 15.5. The lowest BCUT2D eigenvalue weighted by molar-refractivity contribution is -0.142. The van der Waals surface area contributed by atoms with Crippen LogP contribution in [-0.4, -0.2) is 58.3 Å². The van der Waals surface area contributed by atoms with E-state index in [1.165, 1.54) is 6.92 Å². The summed E-state index contributed by atoms with van der Waals surface area (Å²) in [6.07, 6.45) is -3.83. The number of ether oxygens (including phenoxy) is 2. The molecule has 0 bridgehead atoms. The molecular weight excluding hydrogens is 524 g/mol. The fourth-order valence-corrected chi connectivity index (χ4v) is 5.62. The highest BCUT2D eigenvalue weighted by molar-refractivity contribution is 7.52. The van der Waals surface area contributed by atoms with Gasteiger partial charge in [-0.15, -0.1) is 0 Å². The van der Waals surface area contributed by atoms with Crippen molar-refractivity contribution in [3.63, 3.8) is 0 Å². The molecule has 4 rings (SSSR count). The van der Waals surface area contributed by atoms with Crippen LogP contribution in [0.1, 0.15) is 20.1 Å². The van der Waals surface area contributed by atoms with Crippen molar-refractivity contribution in [2.75, 3.05) is 13.7 Å². The van der Waals surface area contributed by atoms with Gasteiger partial charge in [0.2, 0.25) is 0 Å². The Kier molecular flexibility index (Phi) is 7.86. The normalized spacial score (nSPS) is 25.6. The molecular formula is C24H27FN3O9P. The summed E-state index contributed by atoms with van der Waals surface area (Å²) in [6, 6.07) is 12.1. The van der Waals surface area contributed by atoms with Gasteiger partial charge in [-0.1, -0.05) is 36.4 Å². The SMILES string of the molecule is COC(=O)[C@H](C)NP(=O)(OC[C@H]1O[C@@H](n2ccc(=O)[nH]c2=O)[C@](C)(F)[C@@H]1O)Oc1cccc2ccccc12. The molecule has 1 unspecified atom stereocenters. The third-order valence-corrected chi connectivity index (χ3v) is 7.73. The molecule has 204 valence electrons. The van der Waals surface area contributed by atoms with Gasteiger partial charge >= 0.3 is 19.4 Å². The van der Waals surface area contributed by atoms with Gasteiger partial charge in [0.25, 0.3) is 5.56 Å². The molecule has 2 aromatic carbocycles. The minimum absolute atomic E-state index is 0.178. The summed E-state index contributed by atoms with van der Waals surface area (Å²) in [5.74, 6) is -0.571. The van der Waals surface area contributed by atoms with Crippen LogP contribution >= 0.6 is 7.75 Å². The molecule has 14 heteroatoms. The zero-order valence-corrected chi connectivity index (χ0v) is 21.6.